The van der Waals surface area contributed by atoms with Crippen LogP contribution in [0.1, 0.15) is 44.5 Å². The van der Waals surface area contributed by atoms with Gasteiger partial charge in [0.05, 0.1) is 23.4 Å². The van der Waals surface area contributed by atoms with Gasteiger partial charge in [-0.1, -0.05) is 18.2 Å². The van der Waals surface area contributed by atoms with E-state index in [2.05, 4.69) is 5.32 Å². The number of nitrogens with zero attached hydrogens (tertiary/aromatic N) is 1. The van der Waals surface area contributed by atoms with Crippen molar-refractivity contribution >= 4 is 28.6 Å². The quantitative estimate of drug-likeness (QED) is 0.423. The minimum absolute atomic E-state index is 0.151. The highest BCUT2D eigenvalue weighted by Crippen LogP contribution is 2.30. The Balaban J connectivity index is 1.77. The van der Waals surface area contributed by atoms with Gasteiger partial charge in [0.15, 0.2) is 0 Å². The number of ketones is 1. The van der Waals surface area contributed by atoms with Crippen molar-refractivity contribution in [3.05, 3.63) is 94.8 Å². The predicted molar refractivity (Wildman–Crippen MR) is 127 cm³/mol. The number of nitrogen functional groups attached to an aromatic ring is 1. The summed E-state index contributed by atoms with van der Waals surface area (Å²) in [6, 6.07) is 18.0. The smallest absolute Gasteiger partial charge is 0.259 e. The van der Waals surface area contributed by atoms with Gasteiger partial charge in [0.25, 0.3) is 5.91 Å². The summed E-state index contributed by atoms with van der Waals surface area (Å²) < 4.78 is 7.13. The maximum absolute atomic E-state index is 13.4. The van der Waals surface area contributed by atoms with Crippen LogP contribution in [0.15, 0.2) is 66.9 Å². The molecule has 1 amide bonds. The topological polar surface area (TPSA) is 85.8 Å². The molecule has 4 aromatic rings. The number of rotatable bonds is 6. The zero-order valence-corrected chi connectivity index (χ0v) is 18.3. The summed E-state index contributed by atoms with van der Waals surface area (Å²) >= 11 is 0. The van der Waals surface area contributed by atoms with Crippen molar-refractivity contribution in [3.63, 3.8) is 0 Å². The van der Waals surface area contributed by atoms with Gasteiger partial charge >= 0.3 is 0 Å². The van der Waals surface area contributed by atoms with E-state index in [-0.39, 0.29) is 28.6 Å². The van der Waals surface area contributed by atoms with Crippen LogP contribution in [0.25, 0.3) is 5.52 Å². The molecule has 0 atom stereocenters. The van der Waals surface area contributed by atoms with E-state index in [1.54, 1.807) is 47.0 Å². The predicted octanol–water partition coefficient (Wildman–Crippen LogP) is 5.02. The van der Waals surface area contributed by atoms with Crippen molar-refractivity contribution in [2.75, 3.05) is 17.7 Å². The molecule has 0 spiro atoms. The summed E-state index contributed by atoms with van der Waals surface area (Å²) in [6.45, 7) is 6.38. The van der Waals surface area contributed by atoms with E-state index in [1.807, 2.05) is 45.0 Å². The number of aryl methyl sites for hydroxylation is 1. The van der Waals surface area contributed by atoms with E-state index in [1.165, 1.54) is 0 Å². The van der Waals surface area contributed by atoms with Crippen LogP contribution in [0.2, 0.25) is 0 Å². The fourth-order valence-electron chi connectivity index (χ4n) is 3.78. The third-order valence-electron chi connectivity index (χ3n) is 5.60. The van der Waals surface area contributed by atoms with Crippen molar-refractivity contribution in [2.45, 2.75) is 20.8 Å². The largest absolute Gasteiger partial charge is 0.494 e. The highest BCUT2D eigenvalue weighted by molar-refractivity contribution is 6.20. The zero-order chi connectivity index (χ0) is 22.8. The first kappa shape index (κ1) is 21.2. The van der Waals surface area contributed by atoms with Crippen LogP contribution < -0.4 is 15.8 Å². The molecule has 0 fully saturated rings. The van der Waals surface area contributed by atoms with Crippen molar-refractivity contribution in [1.82, 2.24) is 4.40 Å². The van der Waals surface area contributed by atoms with Crippen LogP contribution >= 0.6 is 0 Å². The molecule has 0 unspecified atom stereocenters. The number of pyridine rings is 1. The molecule has 4 rings (SSSR count). The number of nitrogens with one attached hydrogen (secondary N) is 1. The minimum atomic E-state index is -0.356. The molecule has 6 heteroatoms. The zero-order valence-electron chi connectivity index (χ0n) is 18.3. The number of nitrogens with two attached hydrogens (primary N) is 1. The molecule has 0 aliphatic heterocycles. The molecule has 6 nitrogen and oxygen atoms in total. The summed E-state index contributed by atoms with van der Waals surface area (Å²) in [4.78, 5) is 26.6. The molecule has 3 N–H and O–H groups in total. The molecule has 2 aromatic heterocycles. The summed E-state index contributed by atoms with van der Waals surface area (Å²) in [6.07, 6.45) is 1.74. The van der Waals surface area contributed by atoms with E-state index in [0.717, 1.165) is 11.1 Å². The lowest BCUT2D eigenvalue weighted by atomic mass is 10.1. The Hall–Kier alpha value is -4.06. The van der Waals surface area contributed by atoms with E-state index < -0.39 is 0 Å². The van der Waals surface area contributed by atoms with Crippen molar-refractivity contribution < 1.29 is 14.3 Å². The number of carbonyl (C=O) groups is 2. The number of hydrogen-bond acceptors (Lipinski definition) is 4. The molecule has 0 aliphatic carbocycles. The van der Waals surface area contributed by atoms with Gasteiger partial charge in [0, 0.05) is 17.4 Å². The molecular formula is C26H25N3O3. The van der Waals surface area contributed by atoms with Crippen LogP contribution in [0.3, 0.4) is 0 Å². The van der Waals surface area contributed by atoms with Gasteiger partial charge in [-0.05, 0) is 74.4 Å². The van der Waals surface area contributed by atoms with Crippen LogP contribution in [0.5, 0.6) is 5.75 Å². The number of anilines is 2. The Morgan fingerprint density at radius 3 is 2.47 bits per heavy atom. The second-order valence-corrected chi connectivity index (χ2v) is 7.58. The number of ether oxygens (including phenoxy) is 1. The maximum Gasteiger partial charge on any atom is 0.259 e. The van der Waals surface area contributed by atoms with Crippen molar-refractivity contribution in [2.24, 2.45) is 0 Å². The number of benzene rings is 2. The van der Waals surface area contributed by atoms with E-state index >= 15 is 0 Å². The van der Waals surface area contributed by atoms with Gasteiger partial charge in [-0.3, -0.25) is 9.59 Å². The van der Waals surface area contributed by atoms with Crippen LogP contribution in [0.4, 0.5) is 11.4 Å². The lowest BCUT2D eigenvalue weighted by Crippen LogP contribution is -2.15. The van der Waals surface area contributed by atoms with Crippen LogP contribution in [0, 0.1) is 13.8 Å². The number of hydrogen-bond donors (Lipinski definition) is 2. The van der Waals surface area contributed by atoms with E-state index in [4.69, 9.17) is 10.5 Å². The van der Waals surface area contributed by atoms with Crippen molar-refractivity contribution in [3.8, 4) is 5.75 Å². The molecule has 162 valence electrons. The molecule has 32 heavy (non-hydrogen) atoms. The number of amides is 1. The lowest BCUT2D eigenvalue weighted by Gasteiger charge is -2.10. The average molecular weight is 428 g/mol. The molecule has 2 aromatic carbocycles. The second kappa shape index (κ2) is 8.59. The Bertz CT molecular complexity index is 1320. The summed E-state index contributed by atoms with van der Waals surface area (Å²) in [7, 11) is 0. The Labute approximate surface area is 186 Å². The van der Waals surface area contributed by atoms with Gasteiger partial charge in [-0.25, -0.2) is 0 Å². The van der Waals surface area contributed by atoms with E-state index in [9.17, 15) is 9.59 Å². The maximum atomic E-state index is 13.4. The van der Waals surface area contributed by atoms with Gasteiger partial charge in [0.1, 0.15) is 11.4 Å². The lowest BCUT2D eigenvalue weighted by molar-refractivity contribution is 0.102. The molecule has 0 aliphatic rings. The first-order valence-corrected chi connectivity index (χ1v) is 10.5. The van der Waals surface area contributed by atoms with Gasteiger partial charge < -0.3 is 20.2 Å². The molecule has 0 saturated heterocycles. The van der Waals surface area contributed by atoms with Gasteiger partial charge in [0.2, 0.25) is 5.78 Å². The third-order valence-corrected chi connectivity index (χ3v) is 5.60. The first-order valence-electron chi connectivity index (χ1n) is 10.5. The SMILES string of the molecule is CCOc1ccc(C(=O)c2c(N)c(C(=O)Nc3cccc(C)c3C)c3ccccn23)cc1. The molecular weight excluding hydrogens is 402 g/mol. The first-order chi connectivity index (χ1) is 15.4. The highest BCUT2D eigenvalue weighted by Gasteiger charge is 2.26. The Morgan fingerprint density at radius 2 is 1.75 bits per heavy atom. The molecule has 0 bridgehead atoms. The number of carbonyl (C=O) groups excluding carboxylic acids is 2. The number of aromatic nitrogens is 1. The average Bonchev–Trinajstić information content (AvgIpc) is 3.09. The van der Waals surface area contributed by atoms with Gasteiger partial charge in [-0.2, -0.15) is 0 Å². The highest BCUT2D eigenvalue weighted by atomic mass is 16.5. The normalized spacial score (nSPS) is 10.8. The fraction of sp³-hybridized carbons (Fsp3) is 0.154. The second-order valence-electron chi connectivity index (χ2n) is 7.58. The standard InChI is InChI=1S/C26H25N3O3/c1-4-32-19-13-11-18(12-14-19)25(30)24-23(27)22(21-10-5-6-15-29(21)24)26(31)28-20-9-7-8-16(2)17(20)3/h5-15H,4,27H2,1-3H3,(H,28,31). The summed E-state index contributed by atoms with van der Waals surface area (Å²) in [5.41, 5.74) is 10.9. The monoisotopic (exact) mass is 427 g/mol. The molecule has 0 radical (unpaired) electrons. The van der Waals surface area contributed by atoms with Gasteiger partial charge in [-0.15, -0.1) is 0 Å². The van der Waals surface area contributed by atoms with Crippen LogP contribution in [-0.2, 0) is 0 Å². The number of fused-ring (bicyclic) bond motifs is 1. The fourth-order valence-corrected chi connectivity index (χ4v) is 3.78. The molecule has 0 saturated carbocycles. The van der Waals surface area contributed by atoms with Crippen molar-refractivity contribution in [1.29, 1.82) is 0 Å². The third kappa shape index (κ3) is 3.71. The van der Waals surface area contributed by atoms with E-state index in [0.29, 0.717) is 29.1 Å². The minimum Gasteiger partial charge on any atom is -0.494 e. The summed E-state index contributed by atoms with van der Waals surface area (Å²) in [5, 5.41) is 2.95. The van der Waals surface area contributed by atoms with Crippen LogP contribution in [-0.4, -0.2) is 22.7 Å². The molecule has 2 heterocycles. The Kier molecular flexibility index (Phi) is 5.69. The summed E-state index contributed by atoms with van der Waals surface area (Å²) in [5.74, 6) is 0.0637. The Morgan fingerprint density at radius 1 is 1.00 bits per heavy atom.